The van der Waals surface area contributed by atoms with Gasteiger partial charge in [0.25, 0.3) is 0 Å². The Kier molecular flexibility index (Phi) is 2.42. The Morgan fingerprint density at radius 3 is 2.59 bits per heavy atom. The van der Waals surface area contributed by atoms with Crippen LogP contribution in [0.5, 0.6) is 0 Å². The number of para-hydroxylation sites is 1. The first kappa shape index (κ1) is 12.0. The summed E-state index contributed by atoms with van der Waals surface area (Å²) in [7, 11) is 0. The molecule has 1 aliphatic rings. The average Bonchev–Trinajstić information content (AvgIpc) is 2.92. The van der Waals surface area contributed by atoms with Crippen LogP contribution < -0.4 is 0 Å². The Labute approximate surface area is 129 Å². The summed E-state index contributed by atoms with van der Waals surface area (Å²) >= 11 is 0. The number of hydrogen-bond donors (Lipinski definition) is 0. The maximum Gasteiger partial charge on any atom is 0.0713 e. The van der Waals surface area contributed by atoms with Crippen molar-refractivity contribution >= 4 is 21.8 Å². The summed E-state index contributed by atoms with van der Waals surface area (Å²) in [5.74, 6) is 0. The Hall–Kier alpha value is -2.61. The molecule has 0 aliphatic carbocycles. The van der Waals surface area contributed by atoms with E-state index in [9.17, 15) is 0 Å². The summed E-state index contributed by atoms with van der Waals surface area (Å²) in [6, 6.07) is 21.5. The molecule has 0 fully saturated rings. The summed E-state index contributed by atoms with van der Waals surface area (Å²) in [5, 5.41) is 2.69. The van der Waals surface area contributed by atoms with Crippen molar-refractivity contribution < 1.29 is 0 Å². The predicted molar refractivity (Wildman–Crippen MR) is 91.0 cm³/mol. The summed E-state index contributed by atoms with van der Waals surface area (Å²) in [6.45, 7) is 1.10. The lowest BCUT2D eigenvalue weighted by Gasteiger charge is -2.16. The van der Waals surface area contributed by atoms with Gasteiger partial charge in [0.15, 0.2) is 0 Å². The molecule has 0 unspecified atom stereocenters. The fourth-order valence-corrected chi connectivity index (χ4v) is 3.72. The van der Waals surface area contributed by atoms with E-state index >= 15 is 0 Å². The molecule has 2 aromatic carbocycles. The summed E-state index contributed by atoms with van der Waals surface area (Å²) < 4.78 is 2.45. The molecule has 4 aromatic rings. The van der Waals surface area contributed by atoms with E-state index in [1.165, 1.54) is 39.5 Å². The molecular weight excluding hydrogens is 268 g/mol. The molecule has 0 saturated carbocycles. The molecule has 0 bridgehead atoms. The van der Waals surface area contributed by atoms with Crippen molar-refractivity contribution in [1.82, 2.24) is 9.55 Å². The Bertz CT molecular complexity index is 997. The van der Waals surface area contributed by atoms with Gasteiger partial charge < -0.3 is 4.57 Å². The number of hydrogen-bond acceptors (Lipinski definition) is 1. The lowest BCUT2D eigenvalue weighted by atomic mass is 10.0. The van der Waals surface area contributed by atoms with Crippen LogP contribution in [-0.2, 0) is 13.0 Å². The first-order chi connectivity index (χ1) is 10.9. The summed E-state index contributed by atoms with van der Waals surface area (Å²) in [4.78, 5) is 4.98. The molecule has 22 heavy (non-hydrogen) atoms. The quantitative estimate of drug-likeness (QED) is 0.491. The lowest BCUT2D eigenvalue weighted by molar-refractivity contribution is 0.641. The van der Waals surface area contributed by atoms with Crippen LogP contribution in [0.2, 0.25) is 0 Å². The minimum atomic E-state index is 1.08. The zero-order valence-electron chi connectivity index (χ0n) is 12.3. The van der Waals surface area contributed by atoms with Crippen molar-refractivity contribution in [2.45, 2.75) is 19.4 Å². The van der Waals surface area contributed by atoms with Gasteiger partial charge in [-0.25, -0.2) is 0 Å². The molecule has 0 atom stereocenters. The smallest absolute Gasteiger partial charge is 0.0713 e. The minimum absolute atomic E-state index is 1.08. The largest absolute Gasteiger partial charge is 0.339 e. The number of rotatable bonds is 1. The zero-order valence-corrected chi connectivity index (χ0v) is 12.3. The van der Waals surface area contributed by atoms with Crippen molar-refractivity contribution in [3.63, 3.8) is 0 Å². The number of aryl methyl sites for hydroxylation is 2. The van der Waals surface area contributed by atoms with E-state index in [4.69, 9.17) is 4.98 Å². The first-order valence-corrected chi connectivity index (χ1v) is 7.88. The lowest BCUT2D eigenvalue weighted by Crippen LogP contribution is -2.09. The van der Waals surface area contributed by atoms with Gasteiger partial charge in [-0.2, -0.15) is 0 Å². The third-order valence-corrected chi connectivity index (χ3v) is 4.68. The van der Waals surface area contributed by atoms with Crippen LogP contribution in [0.15, 0.2) is 60.7 Å². The Morgan fingerprint density at radius 1 is 0.864 bits per heavy atom. The molecule has 5 rings (SSSR count). The van der Waals surface area contributed by atoms with Crippen molar-refractivity contribution in [2.24, 2.45) is 0 Å². The SMILES string of the molecule is c1ccc(-c2cc3c4ccccc4n4c3c(n2)CCC4)cc1. The number of nitrogens with zero attached hydrogens (tertiary/aromatic N) is 2. The highest BCUT2D eigenvalue weighted by Crippen LogP contribution is 2.36. The van der Waals surface area contributed by atoms with Crippen LogP contribution in [0.4, 0.5) is 0 Å². The third-order valence-electron chi connectivity index (χ3n) is 4.68. The van der Waals surface area contributed by atoms with E-state index in [0.717, 1.165) is 18.7 Å². The van der Waals surface area contributed by atoms with Gasteiger partial charge in [0.1, 0.15) is 0 Å². The fraction of sp³-hybridized carbons (Fsp3) is 0.150. The van der Waals surface area contributed by atoms with E-state index in [1.54, 1.807) is 0 Å². The normalized spacial score (nSPS) is 13.8. The molecule has 0 radical (unpaired) electrons. The highest BCUT2D eigenvalue weighted by molar-refractivity contribution is 6.09. The second-order valence-corrected chi connectivity index (χ2v) is 5.99. The van der Waals surface area contributed by atoms with Crippen LogP contribution in [-0.4, -0.2) is 9.55 Å². The van der Waals surface area contributed by atoms with Gasteiger partial charge in [-0.05, 0) is 25.0 Å². The van der Waals surface area contributed by atoms with E-state index in [-0.39, 0.29) is 0 Å². The van der Waals surface area contributed by atoms with Gasteiger partial charge in [-0.1, -0.05) is 48.5 Å². The standard InChI is InChI=1S/C20H16N2/c1-2-7-14(8-3-1)18-13-16-15-9-4-5-11-19(15)22-12-6-10-17(21-18)20(16)22/h1-5,7-9,11,13H,6,10,12H2. The highest BCUT2D eigenvalue weighted by atomic mass is 15.0. The van der Waals surface area contributed by atoms with Crippen molar-refractivity contribution in [3.8, 4) is 11.3 Å². The van der Waals surface area contributed by atoms with Crippen LogP contribution in [0.1, 0.15) is 12.1 Å². The van der Waals surface area contributed by atoms with E-state index in [2.05, 4.69) is 65.2 Å². The second kappa shape index (κ2) is 4.44. The van der Waals surface area contributed by atoms with Gasteiger partial charge in [0, 0.05) is 28.4 Å². The first-order valence-electron chi connectivity index (χ1n) is 7.88. The molecule has 0 N–H and O–H groups in total. The van der Waals surface area contributed by atoms with Crippen LogP contribution in [0.3, 0.4) is 0 Å². The van der Waals surface area contributed by atoms with Crippen LogP contribution in [0.25, 0.3) is 33.1 Å². The molecule has 0 saturated heterocycles. The fourth-order valence-electron chi connectivity index (χ4n) is 3.72. The minimum Gasteiger partial charge on any atom is -0.339 e. The Balaban J connectivity index is 1.93. The van der Waals surface area contributed by atoms with E-state index in [0.29, 0.717) is 0 Å². The van der Waals surface area contributed by atoms with Gasteiger partial charge >= 0.3 is 0 Å². The topological polar surface area (TPSA) is 17.8 Å². The molecule has 0 spiro atoms. The molecule has 106 valence electrons. The third kappa shape index (κ3) is 1.58. The van der Waals surface area contributed by atoms with E-state index in [1.807, 2.05) is 0 Å². The number of aromatic nitrogens is 2. The van der Waals surface area contributed by atoms with Crippen LogP contribution in [0, 0.1) is 0 Å². The summed E-state index contributed by atoms with van der Waals surface area (Å²) in [6.07, 6.45) is 2.25. The van der Waals surface area contributed by atoms with Gasteiger partial charge in [-0.15, -0.1) is 0 Å². The maximum absolute atomic E-state index is 4.98. The van der Waals surface area contributed by atoms with Gasteiger partial charge in [-0.3, -0.25) is 4.98 Å². The summed E-state index contributed by atoms with van der Waals surface area (Å²) in [5.41, 5.74) is 6.22. The highest BCUT2D eigenvalue weighted by Gasteiger charge is 2.19. The van der Waals surface area contributed by atoms with Crippen molar-refractivity contribution in [1.29, 1.82) is 0 Å². The molecule has 1 aliphatic heterocycles. The molecular formula is C20H16N2. The Morgan fingerprint density at radius 2 is 1.68 bits per heavy atom. The predicted octanol–water partition coefficient (Wildman–Crippen LogP) is 4.80. The molecule has 2 aromatic heterocycles. The number of pyridine rings is 1. The van der Waals surface area contributed by atoms with Gasteiger partial charge in [0.05, 0.1) is 16.9 Å². The average molecular weight is 284 g/mol. The molecule has 2 nitrogen and oxygen atoms in total. The molecule has 0 amide bonds. The molecule has 2 heteroatoms. The monoisotopic (exact) mass is 284 g/mol. The van der Waals surface area contributed by atoms with Crippen molar-refractivity contribution in [2.75, 3.05) is 0 Å². The van der Waals surface area contributed by atoms with Crippen molar-refractivity contribution in [3.05, 3.63) is 66.4 Å². The van der Waals surface area contributed by atoms with Crippen LogP contribution >= 0.6 is 0 Å². The van der Waals surface area contributed by atoms with Gasteiger partial charge in [0.2, 0.25) is 0 Å². The maximum atomic E-state index is 4.98. The number of benzene rings is 2. The second-order valence-electron chi connectivity index (χ2n) is 5.99. The zero-order chi connectivity index (χ0) is 14.5. The number of fused-ring (bicyclic) bond motifs is 3. The van der Waals surface area contributed by atoms with E-state index < -0.39 is 0 Å². The molecule has 3 heterocycles.